The third-order valence-corrected chi connectivity index (χ3v) is 5.28. The molecule has 1 N–H and O–H groups in total. The van der Waals surface area contributed by atoms with Crippen molar-refractivity contribution >= 4 is 5.69 Å². The van der Waals surface area contributed by atoms with Crippen LogP contribution in [0.25, 0.3) is 5.69 Å². The van der Waals surface area contributed by atoms with Crippen molar-refractivity contribution in [3.63, 3.8) is 0 Å². The third kappa shape index (κ3) is 3.17. The predicted molar refractivity (Wildman–Crippen MR) is 107 cm³/mol. The summed E-state index contributed by atoms with van der Waals surface area (Å²) in [5.74, 6) is 2.29. The van der Waals surface area contributed by atoms with Gasteiger partial charge in [0, 0.05) is 11.8 Å². The summed E-state index contributed by atoms with van der Waals surface area (Å²) < 4.78 is 13.2. The van der Waals surface area contributed by atoms with Gasteiger partial charge in [0.25, 0.3) is 0 Å². The largest absolute Gasteiger partial charge is 0.486 e. The van der Waals surface area contributed by atoms with E-state index in [0.717, 1.165) is 46.2 Å². The summed E-state index contributed by atoms with van der Waals surface area (Å²) in [5.41, 5.74) is 3.75. The SMILES string of the molecule is CCC(C)(Nc1ccc2c(c1)OCCO2)c1nnnn1-c1c(C)cccc1C. The monoisotopic (exact) mass is 379 g/mol. The second kappa shape index (κ2) is 7.14. The van der Waals surface area contributed by atoms with Crippen LogP contribution in [0, 0.1) is 13.8 Å². The number of aryl methyl sites for hydroxylation is 2. The Hall–Kier alpha value is -3.09. The maximum absolute atomic E-state index is 5.72. The zero-order valence-electron chi connectivity index (χ0n) is 16.7. The van der Waals surface area contributed by atoms with Crippen molar-refractivity contribution in [2.24, 2.45) is 0 Å². The number of nitrogens with zero attached hydrogens (tertiary/aromatic N) is 4. The molecule has 0 bridgehead atoms. The van der Waals surface area contributed by atoms with Crippen LogP contribution in [0.5, 0.6) is 11.5 Å². The van der Waals surface area contributed by atoms with Crippen molar-refractivity contribution in [3.8, 4) is 17.2 Å². The van der Waals surface area contributed by atoms with E-state index in [-0.39, 0.29) is 0 Å². The van der Waals surface area contributed by atoms with Gasteiger partial charge in [-0.3, -0.25) is 0 Å². The molecule has 1 aliphatic rings. The molecular weight excluding hydrogens is 354 g/mol. The van der Waals surface area contributed by atoms with Gasteiger partial charge in [-0.15, -0.1) is 5.10 Å². The fourth-order valence-corrected chi connectivity index (χ4v) is 3.56. The Kier molecular flexibility index (Phi) is 4.66. The van der Waals surface area contributed by atoms with E-state index >= 15 is 0 Å². The number of para-hydroxylation sites is 1. The van der Waals surface area contributed by atoms with Gasteiger partial charge < -0.3 is 14.8 Å². The van der Waals surface area contributed by atoms with Crippen molar-refractivity contribution in [2.45, 2.75) is 39.7 Å². The van der Waals surface area contributed by atoms with Crippen LogP contribution in [0.15, 0.2) is 36.4 Å². The lowest BCUT2D eigenvalue weighted by molar-refractivity contribution is 0.171. The highest BCUT2D eigenvalue weighted by Gasteiger charge is 2.32. The van der Waals surface area contributed by atoms with Crippen molar-refractivity contribution in [1.29, 1.82) is 0 Å². The van der Waals surface area contributed by atoms with Crippen molar-refractivity contribution < 1.29 is 9.47 Å². The van der Waals surface area contributed by atoms with Gasteiger partial charge in [0.15, 0.2) is 17.3 Å². The summed E-state index contributed by atoms with van der Waals surface area (Å²) in [7, 11) is 0. The Balaban J connectivity index is 1.72. The molecule has 0 radical (unpaired) electrons. The van der Waals surface area contributed by atoms with Crippen LogP contribution >= 0.6 is 0 Å². The molecule has 3 aromatic rings. The van der Waals surface area contributed by atoms with Gasteiger partial charge in [-0.05, 0) is 60.9 Å². The van der Waals surface area contributed by atoms with Crippen molar-refractivity contribution in [1.82, 2.24) is 20.2 Å². The Morgan fingerprint density at radius 3 is 2.50 bits per heavy atom. The molecule has 0 fully saturated rings. The van der Waals surface area contributed by atoms with Crippen LogP contribution < -0.4 is 14.8 Å². The molecule has 4 rings (SSSR count). The summed E-state index contributed by atoms with van der Waals surface area (Å²) in [6.45, 7) is 9.52. The number of hydrogen-bond donors (Lipinski definition) is 1. The molecule has 0 aliphatic carbocycles. The maximum Gasteiger partial charge on any atom is 0.181 e. The first-order valence-electron chi connectivity index (χ1n) is 9.55. The van der Waals surface area contributed by atoms with Gasteiger partial charge in [0.05, 0.1) is 11.2 Å². The lowest BCUT2D eigenvalue weighted by Crippen LogP contribution is -2.35. The van der Waals surface area contributed by atoms with Crippen molar-refractivity contribution in [2.75, 3.05) is 18.5 Å². The number of anilines is 1. The topological polar surface area (TPSA) is 74.1 Å². The minimum atomic E-state index is -0.470. The minimum absolute atomic E-state index is 0.470. The molecular formula is C21H25N5O2. The molecule has 1 atom stereocenters. The van der Waals surface area contributed by atoms with Crippen LogP contribution in [0.2, 0.25) is 0 Å². The highest BCUT2D eigenvalue weighted by atomic mass is 16.6. The summed E-state index contributed by atoms with van der Waals surface area (Å²) in [6.07, 6.45) is 0.798. The zero-order valence-corrected chi connectivity index (χ0v) is 16.7. The van der Waals surface area contributed by atoms with Gasteiger partial charge in [0.2, 0.25) is 0 Å². The van der Waals surface area contributed by atoms with Gasteiger partial charge in [-0.1, -0.05) is 25.1 Å². The van der Waals surface area contributed by atoms with Crippen LogP contribution in [0.3, 0.4) is 0 Å². The smallest absolute Gasteiger partial charge is 0.181 e. The number of nitrogens with one attached hydrogen (secondary N) is 1. The molecule has 0 saturated carbocycles. The molecule has 7 heteroatoms. The van der Waals surface area contributed by atoms with E-state index in [1.54, 1.807) is 0 Å². The first-order chi connectivity index (χ1) is 13.5. The van der Waals surface area contributed by atoms with E-state index in [1.807, 2.05) is 28.9 Å². The molecule has 0 spiro atoms. The second-order valence-corrected chi connectivity index (χ2v) is 7.32. The van der Waals surface area contributed by atoms with E-state index in [9.17, 15) is 0 Å². The minimum Gasteiger partial charge on any atom is -0.486 e. The van der Waals surface area contributed by atoms with E-state index in [4.69, 9.17) is 9.47 Å². The molecule has 1 unspecified atom stereocenters. The first kappa shape index (κ1) is 18.3. The Morgan fingerprint density at radius 2 is 1.79 bits per heavy atom. The molecule has 1 aliphatic heterocycles. The molecule has 28 heavy (non-hydrogen) atoms. The van der Waals surface area contributed by atoms with E-state index in [1.165, 1.54) is 0 Å². The van der Waals surface area contributed by atoms with Crippen LogP contribution in [0.1, 0.15) is 37.2 Å². The lowest BCUT2D eigenvalue weighted by Gasteiger charge is -2.30. The molecule has 1 aromatic heterocycles. The molecule has 2 heterocycles. The van der Waals surface area contributed by atoms with E-state index in [0.29, 0.717) is 13.2 Å². The average Bonchev–Trinajstić information content (AvgIpc) is 3.18. The average molecular weight is 379 g/mol. The van der Waals surface area contributed by atoms with Gasteiger partial charge >= 0.3 is 0 Å². The number of ether oxygens (including phenoxy) is 2. The van der Waals surface area contributed by atoms with Crippen LogP contribution in [0.4, 0.5) is 5.69 Å². The molecule has 7 nitrogen and oxygen atoms in total. The molecule has 2 aromatic carbocycles. The molecule has 0 saturated heterocycles. The summed E-state index contributed by atoms with van der Waals surface area (Å²) >= 11 is 0. The second-order valence-electron chi connectivity index (χ2n) is 7.32. The first-order valence-corrected chi connectivity index (χ1v) is 9.55. The summed E-state index contributed by atoms with van der Waals surface area (Å²) in [4.78, 5) is 0. The number of benzene rings is 2. The van der Waals surface area contributed by atoms with Gasteiger partial charge in [0.1, 0.15) is 13.2 Å². The Bertz CT molecular complexity index is 980. The Morgan fingerprint density at radius 1 is 1.07 bits per heavy atom. The number of hydrogen-bond acceptors (Lipinski definition) is 6. The highest BCUT2D eigenvalue weighted by molar-refractivity contribution is 5.57. The van der Waals surface area contributed by atoms with Crippen LogP contribution in [-0.2, 0) is 5.54 Å². The standard InChI is InChI=1S/C21H25N5O2/c1-5-21(4,22-16-9-10-17-18(13-16)28-12-11-27-17)20-23-24-25-26(20)19-14(2)7-6-8-15(19)3/h6-10,13,22H,5,11-12H2,1-4H3. The molecule has 146 valence electrons. The number of fused-ring (bicyclic) bond motifs is 1. The Labute approximate surface area is 164 Å². The third-order valence-electron chi connectivity index (χ3n) is 5.28. The van der Waals surface area contributed by atoms with Gasteiger partial charge in [-0.2, -0.15) is 4.68 Å². The fraction of sp³-hybridized carbons (Fsp3) is 0.381. The van der Waals surface area contributed by atoms with E-state index in [2.05, 4.69) is 60.7 Å². The fourth-order valence-electron chi connectivity index (χ4n) is 3.56. The lowest BCUT2D eigenvalue weighted by atomic mass is 9.96. The number of aromatic nitrogens is 4. The number of tetrazole rings is 1. The zero-order chi connectivity index (χ0) is 19.7. The highest BCUT2D eigenvalue weighted by Crippen LogP contribution is 2.36. The predicted octanol–water partition coefficient (Wildman–Crippen LogP) is 3.79. The van der Waals surface area contributed by atoms with Crippen LogP contribution in [-0.4, -0.2) is 33.4 Å². The summed E-state index contributed by atoms with van der Waals surface area (Å²) in [6, 6.07) is 12.1. The molecule has 0 amide bonds. The quantitative estimate of drug-likeness (QED) is 0.727. The van der Waals surface area contributed by atoms with Gasteiger partial charge in [-0.25, -0.2) is 0 Å². The van der Waals surface area contributed by atoms with Crippen molar-refractivity contribution in [3.05, 3.63) is 53.3 Å². The summed E-state index contributed by atoms with van der Waals surface area (Å²) in [5, 5.41) is 16.3. The van der Waals surface area contributed by atoms with E-state index < -0.39 is 5.54 Å². The normalized spacial score (nSPS) is 15.1. The maximum atomic E-state index is 5.72. The number of rotatable bonds is 5.